The minimum absolute atomic E-state index is 0.000315. The van der Waals surface area contributed by atoms with Crippen molar-refractivity contribution in [1.29, 1.82) is 0 Å². The van der Waals surface area contributed by atoms with Crippen LogP contribution in [0.5, 0.6) is 0 Å². The van der Waals surface area contributed by atoms with Crippen molar-refractivity contribution in [2.45, 2.75) is 25.8 Å². The molecule has 0 radical (unpaired) electrons. The molecule has 1 aliphatic heterocycles. The normalized spacial score (nSPS) is 14.3. The number of benzene rings is 1. The smallest absolute Gasteiger partial charge is 0.220 e. The van der Waals surface area contributed by atoms with Crippen LogP contribution >= 0.6 is 0 Å². The number of aromatic nitrogens is 4. The van der Waals surface area contributed by atoms with Crippen LogP contribution in [-0.4, -0.2) is 19.5 Å². The number of halogens is 2. The van der Waals surface area contributed by atoms with Gasteiger partial charge in [-0.3, -0.25) is 0 Å². The van der Waals surface area contributed by atoms with Gasteiger partial charge in [-0.15, -0.1) is 0 Å². The number of hydrogen-bond acceptors (Lipinski definition) is 4. The van der Waals surface area contributed by atoms with Gasteiger partial charge < -0.3 is 10.3 Å². The molecular formula is C15H13F2N5. The lowest BCUT2D eigenvalue weighted by molar-refractivity contribution is 0.533. The largest absolute Gasteiger partial charge is 0.368 e. The number of nitrogens with two attached hydrogens (primary N) is 1. The fraction of sp³-hybridized carbons (Fsp3) is 0.267. The number of anilines is 1. The third-order valence-electron chi connectivity index (χ3n) is 3.95. The molecule has 0 saturated carbocycles. The summed E-state index contributed by atoms with van der Waals surface area (Å²) in [4.78, 5) is 11.8. The summed E-state index contributed by atoms with van der Waals surface area (Å²) in [5, 5.41) is 0. The van der Waals surface area contributed by atoms with E-state index >= 15 is 0 Å². The summed E-state index contributed by atoms with van der Waals surface area (Å²) in [6.07, 6.45) is 3.90. The number of rotatable bonds is 1. The van der Waals surface area contributed by atoms with E-state index in [2.05, 4.69) is 15.0 Å². The molecule has 5 nitrogen and oxygen atoms in total. The third kappa shape index (κ3) is 1.93. The van der Waals surface area contributed by atoms with E-state index in [1.807, 2.05) is 4.57 Å². The second kappa shape index (κ2) is 4.72. The monoisotopic (exact) mass is 301 g/mol. The van der Waals surface area contributed by atoms with Crippen LogP contribution in [0.4, 0.5) is 14.7 Å². The molecule has 0 saturated heterocycles. The third-order valence-corrected chi connectivity index (χ3v) is 3.95. The molecule has 7 heteroatoms. The fourth-order valence-corrected chi connectivity index (χ4v) is 2.94. The zero-order valence-corrected chi connectivity index (χ0v) is 11.7. The molecule has 0 amide bonds. The van der Waals surface area contributed by atoms with Crippen molar-refractivity contribution in [3.05, 3.63) is 35.8 Å². The second-order valence-corrected chi connectivity index (χ2v) is 5.39. The maximum Gasteiger partial charge on any atom is 0.220 e. The molecule has 0 atom stereocenters. The second-order valence-electron chi connectivity index (χ2n) is 5.39. The van der Waals surface area contributed by atoms with E-state index in [9.17, 15) is 8.78 Å². The Kier molecular flexibility index (Phi) is 2.82. The summed E-state index contributed by atoms with van der Waals surface area (Å²) < 4.78 is 30.3. The zero-order chi connectivity index (χ0) is 15.3. The predicted molar refractivity (Wildman–Crippen MR) is 78.0 cm³/mol. The summed E-state index contributed by atoms with van der Waals surface area (Å²) in [5.74, 6) is -0.287. The summed E-state index contributed by atoms with van der Waals surface area (Å²) in [5.41, 5.74) is 6.83. The first-order chi connectivity index (χ1) is 10.6. The van der Waals surface area contributed by atoms with Crippen LogP contribution in [0.25, 0.3) is 22.3 Å². The van der Waals surface area contributed by atoms with Crippen molar-refractivity contribution in [3.63, 3.8) is 0 Å². The van der Waals surface area contributed by atoms with Crippen LogP contribution in [-0.2, 0) is 13.0 Å². The van der Waals surface area contributed by atoms with Gasteiger partial charge in [0, 0.05) is 18.5 Å². The number of imidazole rings is 1. The molecule has 1 aromatic carbocycles. The Labute approximate surface area is 124 Å². The van der Waals surface area contributed by atoms with Gasteiger partial charge in [0.15, 0.2) is 11.6 Å². The van der Waals surface area contributed by atoms with Crippen molar-refractivity contribution in [2.24, 2.45) is 0 Å². The van der Waals surface area contributed by atoms with Gasteiger partial charge in [0.2, 0.25) is 5.95 Å². The van der Waals surface area contributed by atoms with E-state index in [0.29, 0.717) is 16.6 Å². The van der Waals surface area contributed by atoms with Crippen molar-refractivity contribution < 1.29 is 8.78 Å². The molecule has 0 unspecified atom stereocenters. The molecule has 4 rings (SSSR count). The zero-order valence-electron chi connectivity index (χ0n) is 11.7. The molecule has 0 fully saturated rings. The Hall–Kier alpha value is -2.57. The van der Waals surface area contributed by atoms with Gasteiger partial charge in [-0.1, -0.05) is 0 Å². The van der Waals surface area contributed by atoms with Crippen molar-refractivity contribution in [3.8, 4) is 11.3 Å². The summed E-state index contributed by atoms with van der Waals surface area (Å²) >= 11 is 0. The SMILES string of the molecule is Nc1ncc(F)c(-c2cc(F)c3nc4n(c3c2)CCCC4)n1. The first-order valence-corrected chi connectivity index (χ1v) is 7.10. The van der Waals surface area contributed by atoms with Crippen molar-refractivity contribution in [2.75, 3.05) is 5.73 Å². The average molecular weight is 301 g/mol. The lowest BCUT2D eigenvalue weighted by Gasteiger charge is -2.14. The molecule has 3 aromatic rings. The molecular weight excluding hydrogens is 288 g/mol. The molecule has 2 aromatic heterocycles. The minimum atomic E-state index is -0.633. The molecule has 1 aliphatic rings. The van der Waals surface area contributed by atoms with E-state index in [4.69, 9.17) is 5.73 Å². The highest BCUT2D eigenvalue weighted by Gasteiger charge is 2.19. The van der Waals surface area contributed by atoms with Crippen LogP contribution < -0.4 is 5.73 Å². The maximum absolute atomic E-state index is 14.4. The topological polar surface area (TPSA) is 69.6 Å². The van der Waals surface area contributed by atoms with Crippen molar-refractivity contribution in [1.82, 2.24) is 19.5 Å². The molecule has 0 aliphatic carbocycles. The Morgan fingerprint density at radius 2 is 1.95 bits per heavy atom. The minimum Gasteiger partial charge on any atom is -0.368 e. The quantitative estimate of drug-likeness (QED) is 0.750. The van der Waals surface area contributed by atoms with E-state index in [1.165, 1.54) is 6.07 Å². The van der Waals surface area contributed by atoms with Crippen LogP contribution in [0.3, 0.4) is 0 Å². The number of aryl methyl sites for hydroxylation is 2. The molecule has 0 bridgehead atoms. The van der Waals surface area contributed by atoms with Crippen LogP contribution in [0.15, 0.2) is 18.3 Å². The first-order valence-electron chi connectivity index (χ1n) is 7.10. The van der Waals surface area contributed by atoms with Gasteiger partial charge in [0.05, 0.1) is 11.7 Å². The maximum atomic E-state index is 14.4. The van der Waals surface area contributed by atoms with Gasteiger partial charge in [-0.05, 0) is 25.0 Å². The van der Waals surface area contributed by atoms with Gasteiger partial charge >= 0.3 is 0 Å². The molecule has 3 heterocycles. The van der Waals surface area contributed by atoms with E-state index in [0.717, 1.165) is 37.8 Å². The first kappa shape index (κ1) is 13.1. The van der Waals surface area contributed by atoms with Gasteiger partial charge in [-0.2, -0.15) is 0 Å². The number of nitrogen functional groups attached to an aromatic ring is 1. The van der Waals surface area contributed by atoms with Crippen LogP contribution in [0, 0.1) is 11.6 Å². The average Bonchev–Trinajstić information content (AvgIpc) is 2.89. The summed E-state index contributed by atoms with van der Waals surface area (Å²) in [6.45, 7) is 0.795. The van der Waals surface area contributed by atoms with E-state index in [1.54, 1.807) is 6.07 Å². The number of fused-ring (bicyclic) bond motifs is 3. The molecule has 112 valence electrons. The molecule has 0 spiro atoms. The summed E-state index contributed by atoms with van der Waals surface area (Å²) in [6, 6.07) is 2.96. The Morgan fingerprint density at radius 1 is 1.09 bits per heavy atom. The van der Waals surface area contributed by atoms with Crippen molar-refractivity contribution >= 4 is 17.0 Å². The van der Waals surface area contributed by atoms with Gasteiger partial charge in [0.1, 0.15) is 17.0 Å². The predicted octanol–water partition coefficient (Wildman–Crippen LogP) is 2.69. The molecule has 22 heavy (non-hydrogen) atoms. The van der Waals surface area contributed by atoms with Gasteiger partial charge in [-0.25, -0.2) is 23.7 Å². The Balaban J connectivity index is 1.98. The van der Waals surface area contributed by atoms with E-state index < -0.39 is 11.6 Å². The highest BCUT2D eigenvalue weighted by atomic mass is 19.1. The summed E-state index contributed by atoms with van der Waals surface area (Å²) in [7, 11) is 0. The highest BCUT2D eigenvalue weighted by Crippen LogP contribution is 2.30. The lowest BCUT2D eigenvalue weighted by atomic mass is 10.1. The lowest BCUT2D eigenvalue weighted by Crippen LogP contribution is -2.10. The fourth-order valence-electron chi connectivity index (χ4n) is 2.94. The van der Waals surface area contributed by atoms with Crippen LogP contribution in [0.2, 0.25) is 0 Å². The Bertz CT molecular complexity index is 887. The number of hydrogen-bond donors (Lipinski definition) is 1. The molecule has 2 N–H and O–H groups in total. The standard InChI is InChI=1S/C15H13F2N5/c16-9-5-8(13-10(17)7-19-15(18)21-13)6-11-14(9)20-12-3-1-2-4-22(11)12/h5-7H,1-4H2,(H2,18,19,21). The Morgan fingerprint density at radius 3 is 2.82 bits per heavy atom. The highest BCUT2D eigenvalue weighted by molar-refractivity contribution is 5.83. The van der Waals surface area contributed by atoms with Crippen LogP contribution in [0.1, 0.15) is 18.7 Å². The van der Waals surface area contributed by atoms with E-state index in [-0.39, 0.29) is 11.6 Å². The van der Waals surface area contributed by atoms with Gasteiger partial charge in [0.25, 0.3) is 0 Å². The number of nitrogens with zero attached hydrogens (tertiary/aromatic N) is 4.